The monoisotopic (exact) mass is 235 g/mol. The SMILES string of the molecule is CSC(C)(C)CNc1ccc(N)cc1C#N. The average molecular weight is 235 g/mol. The summed E-state index contributed by atoms with van der Waals surface area (Å²) in [6.07, 6.45) is 2.08. The number of nitrogens with one attached hydrogen (secondary N) is 1. The van der Waals surface area contributed by atoms with Crippen LogP contribution in [-0.4, -0.2) is 17.5 Å². The standard InChI is InChI=1S/C12H17N3S/c1-12(2,16-3)8-15-11-5-4-10(14)6-9(11)7-13/h4-6,15H,8,14H2,1-3H3. The molecule has 0 amide bonds. The Bertz CT molecular complexity index is 407. The van der Waals surface area contributed by atoms with Gasteiger partial charge in [0.15, 0.2) is 0 Å². The molecule has 3 N–H and O–H groups in total. The predicted molar refractivity (Wildman–Crippen MR) is 71.7 cm³/mol. The Kier molecular flexibility index (Phi) is 4.08. The Morgan fingerprint density at radius 2 is 2.19 bits per heavy atom. The van der Waals surface area contributed by atoms with Crippen molar-refractivity contribution in [1.82, 2.24) is 0 Å². The fraction of sp³-hybridized carbons (Fsp3) is 0.417. The zero-order valence-corrected chi connectivity index (χ0v) is 10.7. The predicted octanol–water partition coefficient (Wildman–Crippen LogP) is 2.69. The Hall–Kier alpha value is -1.34. The highest BCUT2D eigenvalue weighted by atomic mass is 32.2. The largest absolute Gasteiger partial charge is 0.399 e. The van der Waals surface area contributed by atoms with E-state index in [1.165, 1.54) is 0 Å². The van der Waals surface area contributed by atoms with Crippen molar-refractivity contribution in [1.29, 1.82) is 5.26 Å². The highest BCUT2D eigenvalue weighted by molar-refractivity contribution is 7.99. The van der Waals surface area contributed by atoms with Crippen LogP contribution in [0.1, 0.15) is 19.4 Å². The van der Waals surface area contributed by atoms with Gasteiger partial charge in [-0.3, -0.25) is 0 Å². The number of rotatable bonds is 4. The van der Waals surface area contributed by atoms with Crippen LogP contribution in [0.25, 0.3) is 0 Å². The second-order valence-electron chi connectivity index (χ2n) is 4.23. The van der Waals surface area contributed by atoms with Crippen LogP contribution in [0.3, 0.4) is 0 Å². The maximum absolute atomic E-state index is 8.98. The Labute approximate surface area is 101 Å². The average Bonchev–Trinajstić information content (AvgIpc) is 2.27. The fourth-order valence-corrected chi connectivity index (χ4v) is 1.41. The maximum atomic E-state index is 8.98. The molecule has 0 bridgehead atoms. The molecule has 16 heavy (non-hydrogen) atoms. The Morgan fingerprint density at radius 1 is 1.50 bits per heavy atom. The molecule has 0 unspecified atom stereocenters. The first kappa shape index (κ1) is 12.7. The second kappa shape index (κ2) is 5.13. The highest BCUT2D eigenvalue weighted by Gasteiger charge is 2.15. The van der Waals surface area contributed by atoms with E-state index in [4.69, 9.17) is 11.0 Å². The number of nitrogen functional groups attached to an aromatic ring is 1. The van der Waals surface area contributed by atoms with Crippen molar-refractivity contribution < 1.29 is 0 Å². The number of nitriles is 1. The number of benzene rings is 1. The first-order valence-electron chi connectivity index (χ1n) is 5.07. The summed E-state index contributed by atoms with van der Waals surface area (Å²) >= 11 is 1.79. The lowest BCUT2D eigenvalue weighted by Gasteiger charge is -2.23. The highest BCUT2D eigenvalue weighted by Crippen LogP contribution is 2.23. The van der Waals surface area contributed by atoms with Crippen LogP contribution in [0.2, 0.25) is 0 Å². The molecule has 0 aliphatic rings. The zero-order valence-electron chi connectivity index (χ0n) is 9.87. The molecule has 1 rings (SSSR count). The lowest BCUT2D eigenvalue weighted by Crippen LogP contribution is -2.26. The third-order valence-corrected chi connectivity index (χ3v) is 3.67. The molecule has 3 nitrogen and oxygen atoms in total. The molecule has 0 aromatic heterocycles. The molecule has 4 heteroatoms. The summed E-state index contributed by atoms with van der Waals surface area (Å²) in [5.74, 6) is 0. The number of anilines is 2. The molecule has 0 spiro atoms. The lowest BCUT2D eigenvalue weighted by molar-refractivity contribution is 0.752. The van der Waals surface area contributed by atoms with E-state index in [1.54, 1.807) is 23.9 Å². The van der Waals surface area contributed by atoms with Crippen LogP contribution in [-0.2, 0) is 0 Å². The Balaban J connectivity index is 2.79. The zero-order chi connectivity index (χ0) is 12.2. The third kappa shape index (κ3) is 3.35. The lowest BCUT2D eigenvalue weighted by atomic mass is 10.1. The number of nitrogens with zero attached hydrogens (tertiary/aromatic N) is 1. The van der Waals surface area contributed by atoms with Gasteiger partial charge in [-0.25, -0.2) is 0 Å². The minimum Gasteiger partial charge on any atom is -0.399 e. The van der Waals surface area contributed by atoms with Crippen molar-refractivity contribution in [2.75, 3.05) is 23.9 Å². The molecule has 0 fully saturated rings. The summed E-state index contributed by atoms with van der Waals surface area (Å²) in [4.78, 5) is 0. The van der Waals surface area contributed by atoms with Gasteiger partial charge in [0.05, 0.1) is 11.3 Å². The van der Waals surface area contributed by atoms with Crippen molar-refractivity contribution in [3.8, 4) is 6.07 Å². The van der Waals surface area contributed by atoms with Gasteiger partial charge in [0, 0.05) is 17.0 Å². The van der Waals surface area contributed by atoms with Gasteiger partial charge in [0.1, 0.15) is 6.07 Å². The fourth-order valence-electron chi connectivity index (χ4n) is 1.19. The van der Waals surface area contributed by atoms with E-state index in [9.17, 15) is 0 Å². The topological polar surface area (TPSA) is 61.8 Å². The van der Waals surface area contributed by atoms with Crippen molar-refractivity contribution >= 4 is 23.1 Å². The van der Waals surface area contributed by atoms with E-state index < -0.39 is 0 Å². The van der Waals surface area contributed by atoms with E-state index in [1.807, 2.05) is 6.07 Å². The van der Waals surface area contributed by atoms with Crippen LogP contribution in [0.5, 0.6) is 0 Å². The van der Waals surface area contributed by atoms with Crippen LogP contribution >= 0.6 is 11.8 Å². The van der Waals surface area contributed by atoms with E-state index in [2.05, 4.69) is 31.5 Å². The van der Waals surface area contributed by atoms with Gasteiger partial charge < -0.3 is 11.1 Å². The van der Waals surface area contributed by atoms with Crippen LogP contribution in [0.15, 0.2) is 18.2 Å². The molecule has 0 radical (unpaired) electrons. The van der Waals surface area contributed by atoms with Crippen LogP contribution < -0.4 is 11.1 Å². The third-order valence-electron chi connectivity index (χ3n) is 2.42. The Morgan fingerprint density at radius 3 is 2.75 bits per heavy atom. The van der Waals surface area contributed by atoms with Crippen molar-refractivity contribution in [2.45, 2.75) is 18.6 Å². The van der Waals surface area contributed by atoms with Gasteiger partial charge >= 0.3 is 0 Å². The molecule has 0 heterocycles. The van der Waals surface area contributed by atoms with E-state index in [0.29, 0.717) is 11.3 Å². The summed E-state index contributed by atoms with van der Waals surface area (Å²) in [6, 6.07) is 7.48. The smallest absolute Gasteiger partial charge is 0.101 e. The van der Waals surface area contributed by atoms with Crippen LogP contribution in [0.4, 0.5) is 11.4 Å². The number of hydrogen-bond donors (Lipinski definition) is 2. The molecule has 0 atom stereocenters. The minimum absolute atomic E-state index is 0.147. The maximum Gasteiger partial charge on any atom is 0.101 e. The van der Waals surface area contributed by atoms with Gasteiger partial charge in [-0.2, -0.15) is 17.0 Å². The van der Waals surface area contributed by atoms with Gasteiger partial charge in [-0.05, 0) is 38.3 Å². The quantitative estimate of drug-likeness (QED) is 0.788. The molecule has 86 valence electrons. The summed E-state index contributed by atoms with van der Waals surface area (Å²) in [5, 5.41) is 12.3. The first-order chi connectivity index (χ1) is 7.48. The van der Waals surface area contributed by atoms with Crippen molar-refractivity contribution in [3.05, 3.63) is 23.8 Å². The number of nitrogens with two attached hydrogens (primary N) is 1. The van der Waals surface area contributed by atoms with E-state index >= 15 is 0 Å². The second-order valence-corrected chi connectivity index (χ2v) is 5.75. The van der Waals surface area contributed by atoms with Gasteiger partial charge in [0.2, 0.25) is 0 Å². The summed E-state index contributed by atoms with van der Waals surface area (Å²) in [5.41, 5.74) is 7.69. The number of hydrogen-bond acceptors (Lipinski definition) is 4. The van der Waals surface area contributed by atoms with Crippen LogP contribution in [0, 0.1) is 11.3 Å². The molecule has 0 saturated carbocycles. The summed E-state index contributed by atoms with van der Waals surface area (Å²) < 4.78 is 0.147. The molecular weight excluding hydrogens is 218 g/mol. The first-order valence-corrected chi connectivity index (χ1v) is 6.29. The van der Waals surface area contributed by atoms with Crippen molar-refractivity contribution in [2.24, 2.45) is 0 Å². The number of thioether (sulfide) groups is 1. The van der Waals surface area contributed by atoms with E-state index in [-0.39, 0.29) is 4.75 Å². The molecule has 0 saturated heterocycles. The van der Waals surface area contributed by atoms with Gasteiger partial charge in [-0.1, -0.05) is 0 Å². The molecule has 0 aliphatic carbocycles. The summed E-state index contributed by atoms with van der Waals surface area (Å²) in [7, 11) is 0. The molecule has 1 aromatic rings. The van der Waals surface area contributed by atoms with Crippen molar-refractivity contribution in [3.63, 3.8) is 0 Å². The summed E-state index contributed by atoms with van der Waals surface area (Å²) in [6.45, 7) is 5.13. The normalized spacial score (nSPS) is 10.9. The molecule has 0 aliphatic heterocycles. The molecular formula is C12H17N3S. The van der Waals surface area contributed by atoms with Gasteiger partial charge in [-0.15, -0.1) is 0 Å². The minimum atomic E-state index is 0.147. The van der Waals surface area contributed by atoms with E-state index in [0.717, 1.165) is 12.2 Å². The molecule has 1 aromatic carbocycles. The van der Waals surface area contributed by atoms with Gasteiger partial charge in [0.25, 0.3) is 0 Å².